The third-order valence-corrected chi connectivity index (χ3v) is 2.17. The first-order chi connectivity index (χ1) is 8.24. The van der Waals surface area contributed by atoms with Crippen molar-refractivity contribution >= 4 is 5.78 Å². The summed E-state index contributed by atoms with van der Waals surface area (Å²) in [5.74, 6) is 0.722. The van der Waals surface area contributed by atoms with Gasteiger partial charge in [-0.1, -0.05) is 12.1 Å². The van der Waals surface area contributed by atoms with Crippen LogP contribution in [0.25, 0.3) is 0 Å². The van der Waals surface area contributed by atoms with Gasteiger partial charge in [-0.15, -0.1) is 0 Å². The number of carbonyl (C=O) groups excluding carboxylic acids is 1. The lowest BCUT2D eigenvalue weighted by atomic mass is 10.1. The SMILES string of the molecule is COCCOCCOc1cccc(C(C)=O)c1. The van der Waals surface area contributed by atoms with Gasteiger partial charge in [-0.3, -0.25) is 4.79 Å². The van der Waals surface area contributed by atoms with Crippen molar-refractivity contribution in [1.29, 1.82) is 0 Å². The van der Waals surface area contributed by atoms with Crippen LogP contribution >= 0.6 is 0 Å². The third-order valence-electron chi connectivity index (χ3n) is 2.17. The summed E-state index contributed by atoms with van der Waals surface area (Å²) in [7, 11) is 1.63. The van der Waals surface area contributed by atoms with Gasteiger partial charge in [-0.05, 0) is 19.1 Å². The van der Waals surface area contributed by atoms with Crippen molar-refractivity contribution in [3.8, 4) is 5.75 Å². The zero-order valence-corrected chi connectivity index (χ0v) is 10.3. The van der Waals surface area contributed by atoms with Crippen LogP contribution in [0.15, 0.2) is 24.3 Å². The van der Waals surface area contributed by atoms with E-state index < -0.39 is 0 Å². The first-order valence-corrected chi connectivity index (χ1v) is 5.54. The summed E-state index contributed by atoms with van der Waals surface area (Å²) in [6, 6.07) is 7.13. The Labute approximate surface area is 101 Å². The Bertz CT molecular complexity index is 349. The fourth-order valence-corrected chi connectivity index (χ4v) is 1.27. The largest absolute Gasteiger partial charge is 0.491 e. The molecule has 0 unspecified atom stereocenters. The van der Waals surface area contributed by atoms with E-state index >= 15 is 0 Å². The summed E-state index contributed by atoms with van der Waals surface area (Å²) in [5.41, 5.74) is 0.655. The highest BCUT2D eigenvalue weighted by molar-refractivity contribution is 5.94. The lowest BCUT2D eigenvalue weighted by Crippen LogP contribution is -2.10. The Kier molecular flexibility index (Phi) is 6.29. The van der Waals surface area contributed by atoms with E-state index in [0.29, 0.717) is 37.7 Å². The van der Waals surface area contributed by atoms with E-state index in [2.05, 4.69) is 0 Å². The van der Waals surface area contributed by atoms with Crippen LogP contribution in [0.3, 0.4) is 0 Å². The molecule has 0 amide bonds. The molecule has 1 rings (SSSR count). The summed E-state index contributed by atoms with van der Waals surface area (Å²) in [6.07, 6.45) is 0. The van der Waals surface area contributed by atoms with Crippen molar-refractivity contribution in [2.45, 2.75) is 6.92 Å². The Morgan fingerprint density at radius 1 is 1.18 bits per heavy atom. The topological polar surface area (TPSA) is 44.8 Å². The average Bonchev–Trinajstić information content (AvgIpc) is 2.34. The molecule has 0 saturated heterocycles. The number of carbonyl (C=O) groups is 1. The number of benzene rings is 1. The van der Waals surface area contributed by atoms with E-state index in [4.69, 9.17) is 14.2 Å². The fourth-order valence-electron chi connectivity index (χ4n) is 1.27. The second kappa shape index (κ2) is 7.81. The zero-order valence-electron chi connectivity index (χ0n) is 10.3. The van der Waals surface area contributed by atoms with Crippen LogP contribution in [0.5, 0.6) is 5.75 Å². The summed E-state index contributed by atoms with van der Waals surface area (Å²) in [5, 5.41) is 0. The highest BCUT2D eigenvalue weighted by Crippen LogP contribution is 2.13. The molecule has 17 heavy (non-hydrogen) atoms. The molecule has 4 heteroatoms. The number of methoxy groups -OCH3 is 1. The van der Waals surface area contributed by atoms with Gasteiger partial charge in [0.2, 0.25) is 0 Å². The number of ether oxygens (including phenoxy) is 3. The molecule has 1 aromatic rings. The van der Waals surface area contributed by atoms with E-state index in [9.17, 15) is 4.79 Å². The molecule has 0 fully saturated rings. The van der Waals surface area contributed by atoms with Gasteiger partial charge in [0.25, 0.3) is 0 Å². The minimum atomic E-state index is 0.0341. The van der Waals surface area contributed by atoms with Crippen molar-refractivity contribution in [3.05, 3.63) is 29.8 Å². The smallest absolute Gasteiger partial charge is 0.159 e. The van der Waals surface area contributed by atoms with Crippen LogP contribution in [0.1, 0.15) is 17.3 Å². The second-order valence-electron chi connectivity index (χ2n) is 3.54. The molecule has 0 aliphatic carbocycles. The molecule has 0 N–H and O–H groups in total. The zero-order chi connectivity index (χ0) is 12.5. The third kappa shape index (κ3) is 5.47. The Morgan fingerprint density at radius 3 is 2.65 bits per heavy atom. The highest BCUT2D eigenvalue weighted by atomic mass is 16.5. The number of Topliss-reactive ketones (excluding diaryl/α,β-unsaturated/α-hetero) is 1. The maximum absolute atomic E-state index is 11.2. The van der Waals surface area contributed by atoms with Gasteiger partial charge < -0.3 is 14.2 Å². The van der Waals surface area contributed by atoms with Crippen LogP contribution in [-0.2, 0) is 9.47 Å². The molecule has 0 spiro atoms. The van der Waals surface area contributed by atoms with Gasteiger partial charge >= 0.3 is 0 Å². The molecule has 4 nitrogen and oxygen atoms in total. The van der Waals surface area contributed by atoms with Gasteiger partial charge in [-0.2, -0.15) is 0 Å². The molecule has 0 bridgehead atoms. The van der Waals surface area contributed by atoms with Crippen LogP contribution in [0, 0.1) is 0 Å². The Hall–Kier alpha value is -1.39. The monoisotopic (exact) mass is 238 g/mol. The van der Waals surface area contributed by atoms with E-state index in [-0.39, 0.29) is 5.78 Å². The van der Waals surface area contributed by atoms with E-state index in [1.165, 1.54) is 6.92 Å². The van der Waals surface area contributed by atoms with Crippen LogP contribution in [-0.4, -0.2) is 39.3 Å². The maximum atomic E-state index is 11.2. The van der Waals surface area contributed by atoms with Gasteiger partial charge in [0.1, 0.15) is 12.4 Å². The van der Waals surface area contributed by atoms with Gasteiger partial charge in [0.05, 0.1) is 19.8 Å². The van der Waals surface area contributed by atoms with Crippen LogP contribution < -0.4 is 4.74 Å². The maximum Gasteiger partial charge on any atom is 0.159 e. The molecular weight excluding hydrogens is 220 g/mol. The second-order valence-corrected chi connectivity index (χ2v) is 3.54. The fraction of sp³-hybridized carbons (Fsp3) is 0.462. The molecule has 0 saturated carbocycles. The average molecular weight is 238 g/mol. The summed E-state index contributed by atoms with van der Waals surface area (Å²) in [6.45, 7) is 3.65. The van der Waals surface area contributed by atoms with Gasteiger partial charge in [0.15, 0.2) is 5.78 Å². The van der Waals surface area contributed by atoms with Crippen molar-refractivity contribution in [2.75, 3.05) is 33.5 Å². The van der Waals surface area contributed by atoms with E-state index in [0.717, 1.165) is 0 Å². The molecule has 0 aromatic heterocycles. The Morgan fingerprint density at radius 2 is 1.94 bits per heavy atom. The van der Waals surface area contributed by atoms with Crippen molar-refractivity contribution in [3.63, 3.8) is 0 Å². The molecule has 94 valence electrons. The predicted molar refractivity (Wildman–Crippen MR) is 64.6 cm³/mol. The first-order valence-electron chi connectivity index (χ1n) is 5.54. The standard InChI is InChI=1S/C13H18O4/c1-11(14)12-4-3-5-13(10-12)17-9-8-16-7-6-15-2/h3-5,10H,6-9H2,1-2H3. The summed E-state index contributed by atoms with van der Waals surface area (Å²) >= 11 is 0. The molecule has 0 radical (unpaired) electrons. The van der Waals surface area contributed by atoms with Crippen molar-refractivity contribution < 1.29 is 19.0 Å². The van der Waals surface area contributed by atoms with Gasteiger partial charge in [-0.25, -0.2) is 0 Å². The quantitative estimate of drug-likeness (QED) is 0.513. The van der Waals surface area contributed by atoms with Crippen molar-refractivity contribution in [1.82, 2.24) is 0 Å². The lowest BCUT2D eigenvalue weighted by molar-refractivity contribution is 0.0544. The first kappa shape index (κ1) is 13.7. The van der Waals surface area contributed by atoms with E-state index in [1.54, 1.807) is 25.3 Å². The molecule has 0 aliphatic rings. The Balaban J connectivity index is 2.27. The van der Waals surface area contributed by atoms with Crippen LogP contribution in [0.2, 0.25) is 0 Å². The predicted octanol–water partition coefficient (Wildman–Crippen LogP) is 1.93. The molecular formula is C13H18O4. The molecule has 1 aromatic carbocycles. The lowest BCUT2D eigenvalue weighted by Gasteiger charge is -2.07. The van der Waals surface area contributed by atoms with Gasteiger partial charge in [0, 0.05) is 12.7 Å². The summed E-state index contributed by atoms with van der Waals surface area (Å²) < 4.78 is 15.6. The minimum Gasteiger partial charge on any atom is -0.491 e. The normalized spacial score (nSPS) is 10.2. The number of ketones is 1. The number of hydrogen-bond acceptors (Lipinski definition) is 4. The minimum absolute atomic E-state index is 0.0341. The molecule has 0 heterocycles. The summed E-state index contributed by atoms with van der Waals surface area (Å²) in [4.78, 5) is 11.2. The molecule has 0 aliphatic heterocycles. The highest BCUT2D eigenvalue weighted by Gasteiger charge is 2.00. The van der Waals surface area contributed by atoms with Crippen LogP contribution in [0.4, 0.5) is 0 Å². The number of hydrogen-bond donors (Lipinski definition) is 0. The van der Waals surface area contributed by atoms with E-state index in [1.807, 2.05) is 6.07 Å². The number of rotatable bonds is 8. The molecule has 0 atom stereocenters. The van der Waals surface area contributed by atoms with Crippen molar-refractivity contribution in [2.24, 2.45) is 0 Å².